The first-order valence-electron chi connectivity index (χ1n) is 6.33. The quantitative estimate of drug-likeness (QED) is 0.457. The first-order chi connectivity index (χ1) is 10.9. The number of esters is 1. The Hall–Kier alpha value is -2.75. The standard InChI is InChI=1S/C13H11BrN4O5/c14-9-3-1-2-8(6-9)13(20)23-5-4-17-12(18(21)22)10(7-16-17)11(15)19/h1-3,6-7H,4-5H2,(H2,15,19). The maximum absolute atomic E-state index is 11.8. The van der Waals surface area contributed by atoms with Crippen molar-refractivity contribution in [3.8, 4) is 0 Å². The molecule has 0 fully saturated rings. The van der Waals surface area contributed by atoms with Gasteiger partial charge < -0.3 is 20.6 Å². The van der Waals surface area contributed by atoms with Crippen LogP contribution in [0, 0.1) is 10.1 Å². The minimum absolute atomic E-state index is 0.0800. The van der Waals surface area contributed by atoms with E-state index in [4.69, 9.17) is 10.5 Å². The Kier molecular flexibility index (Phi) is 5.06. The Morgan fingerprint density at radius 1 is 1.43 bits per heavy atom. The van der Waals surface area contributed by atoms with Crippen molar-refractivity contribution >= 4 is 33.6 Å². The number of hydrogen-bond donors (Lipinski definition) is 1. The van der Waals surface area contributed by atoms with E-state index in [0.717, 1.165) is 15.4 Å². The van der Waals surface area contributed by atoms with Crippen LogP contribution in [0.5, 0.6) is 0 Å². The van der Waals surface area contributed by atoms with Crippen LogP contribution in [0.4, 0.5) is 5.82 Å². The zero-order valence-corrected chi connectivity index (χ0v) is 13.2. The lowest BCUT2D eigenvalue weighted by atomic mass is 10.2. The highest BCUT2D eigenvalue weighted by atomic mass is 79.9. The molecule has 1 amide bonds. The highest BCUT2D eigenvalue weighted by molar-refractivity contribution is 9.10. The molecule has 1 heterocycles. The summed E-state index contributed by atoms with van der Waals surface area (Å²) in [4.78, 5) is 33.2. The first kappa shape index (κ1) is 16.6. The Labute approximate surface area is 138 Å². The van der Waals surface area contributed by atoms with Crippen molar-refractivity contribution in [3.63, 3.8) is 0 Å². The zero-order valence-electron chi connectivity index (χ0n) is 11.6. The Balaban J connectivity index is 2.03. The molecule has 1 aromatic heterocycles. The summed E-state index contributed by atoms with van der Waals surface area (Å²) in [5.41, 5.74) is 5.09. The fourth-order valence-corrected chi connectivity index (χ4v) is 2.23. The van der Waals surface area contributed by atoms with Crippen LogP contribution in [-0.4, -0.2) is 33.2 Å². The number of ether oxygens (including phenoxy) is 1. The first-order valence-corrected chi connectivity index (χ1v) is 7.12. The van der Waals surface area contributed by atoms with Crippen LogP contribution in [0.25, 0.3) is 0 Å². The highest BCUT2D eigenvalue weighted by Crippen LogP contribution is 2.17. The number of carbonyl (C=O) groups is 2. The van der Waals surface area contributed by atoms with Crippen LogP contribution >= 0.6 is 15.9 Å². The molecule has 0 saturated heterocycles. The predicted molar refractivity (Wildman–Crippen MR) is 81.8 cm³/mol. The third-order valence-electron chi connectivity index (χ3n) is 2.85. The number of aromatic nitrogens is 2. The monoisotopic (exact) mass is 382 g/mol. The van der Waals surface area contributed by atoms with Crippen molar-refractivity contribution in [2.24, 2.45) is 5.73 Å². The van der Waals surface area contributed by atoms with E-state index in [0.29, 0.717) is 5.56 Å². The van der Waals surface area contributed by atoms with Crippen LogP contribution in [0.15, 0.2) is 34.9 Å². The molecule has 2 rings (SSSR count). The molecule has 2 aromatic rings. The van der Waals surface area contributed by atoms with Gasteiger partial charge in [0.25, 0.3) is 5.91 Å². The number of amides is 1. The van der Waals surface area contributed by atoms with Crippen molar-refractivity contribution in [2.45, 2.75) is 6.54 Å². The van der Waals surface area contributed by atoms with Gasteiger partial charge in [-0.2, -0.15) is 0 Å². The van der Waals surface area contributed by atoms with E-state index >= 15 is 0 Å². The van der Waals surface area contributed by atoms with E-state index in [9.17, 15) is 19.7 Å². The number of carbonyl (C=O) groups excluding carboxylic acids is 2. The van der Waals surface area contributed by atoms with Gasteiger partial charge >= 0.3 is 11.8 Å². The number of nitrogens with two attached hydrogens (primary N) is 1. The molecule has 2 N–H and O–H groups in total. The largest absolute Gasteiger partial charge is 0.458 e. The molecule has 0 aliphatic carbocycles. The molecule has 1 aromatic carbocycles. The maximum Gasteiger partial charge on any atom is 0.357 e. The molecule has 0 aliphatic rings. The Bertz CT molecular complexity index is 773. The summed E-state index contributed by atoms with van der Waals surface area (Å²) in [5, 5.41) is 14.7. The normalized spacial score (nSPS) is 10.3. The number of rotatable bonds is 6. The van der Waals surface area contributed by atoms with Gasteiger partial charge in [-0.05, 0) is 23.1 Å². The average Bonchev–Trinajstić information content (AvgIpc) is 2.91. The lowest BCUT2D eigenvalue weighted by Crippen LogP contribution is -2.16. The molecular formula is C13H11BrN4O5. The second-order valence-corrected chi connectivity index (χ2v) is 5.29. The van der Waals surface area contributed by atoms with Gasteiger partial charge in [0.2, 0.25) is 0 Å². The van der Waals surface area contributed by atoms with Crippen molar-refractivity contribution < 1.29 is 19.2 Å². The topological polar surface area (TPSA) is 130 Å². The van der Waals surface area contributed by atoms with Gasteiger partial charge in [-0.1, -0.05) is 27.1 Å². The molecule has 120 valence electrons. The molecule has 0 atom stereocenters. The van der Waals surface area contributed by atoms with E-state index in [1.54, 1.807) is 24.3 Å². The maximum atomic E-state index is 11.8. The summed E-state index contributed by atoms with van der Waals surface area (Å²) in [5.74, 6) is -2.05. The molecule has 0 spiro atoms. The number of primary amides is 1. The average molecular weight is 383 g/mol. The van der Waals surface area contributed by atoms with Crippen LogP contribution in [0.2, 0.25) is 0 Å². The number of benzene rings is 1. The second kappa shape index (κ2) is 7.01. The SMILES string of the molecule is NC(=O)c1cnn(CCOC(=O)c2cccc(Br)c2)c1[N+](=O)[O-]. The molecule has 0 unspecified atom stereocenters. The lowest BCUT2D eigenvalue weighted by Gasteiger charge is -2.04. The molecule has 0 radical (unpaired) electrons. The van der Waals surface area contributed by atoms with E-state index in [-0.39, 0.29) is 18.7 Å². The van der Waals surface area contributed by atoms with Gasteiger partial charge in [0.1, 0.15) is 13.2 Å². The Morgan fingerprint density at radius 3 is 2.78 bits per heavy atom. The summed E-state index contributed by atoms with van der Waals surface area (Å²) >= 11 is 3.24. The van der Waals surface area contributed by atoms with Crippen molar-refractivity contribution in [2.75, 3.05) is 6.61 Å². The molecule has 10 heteroatoms. The predicted octanol–water partition coefficient (Wildman–Crippen LogP) is 1.51. The van der Waals surface area contributed by atoms with Crippen LogP contribution in [0.3, 0.4) is 0 Å². The summed E-state index contributed by atoms with van der Waals surface area (Å²) < 4.78 is 6.71. The number of nitrogens with zero attached hydrogens (tertiary/aromatic N) is 3. The van der Waals surface area contributed by atoms with Crippen molar-refractivity contribution in [1.29, 1.82) is 0 Å². The molecule has 0 bridgehead atoms. The fourth-order valence-electron chi connectivity index (χ4n) is 1.83. The van der Waals surface area contributed by atoms with Crippen LogP contribution < -0.4 is 5.73 Å². The van der Waals surface area contributed by atoms with Gasteiger partial charge in [-0.15, -0.1) is 4.68 Å². The van der Waals surface area contributed by atoms with Crippen LogP contribution in [-0.2, 0) is 11.3 Å². The number of nitro groups is 1. The van der Waals surface area contributed by atoms with Gasteiger partial charge in [-0.25, -0.2) is 4.79 Å². The smallest absolute Gasteiger partial charge is 0.357 e. The third-order valence-corrected chi connectivity index (χ3v) is 3.34. The van der Waals surface area contributed by atoms with Crippen molar-refractivity contribution in [3.05, 3.63) is 56.2 Å². The fraction of sp³-hybridized carbons (Fsp3) is 0.154. The highest BCUT2D eigenvalue weighted by Gasteiger charge is 2.25. The molecule has 0 saturated carbocycles. The summed E-state index contributed by atoms with van der Waals surface area (Å²) in [6.45, 7) is -0.227. The Morgan fingerprint density at radius 2 is 2.17 bits per heavy atom. The summed E-state index contributed by atoms with van der Waals surface area (Å²) in [7, 11) is 0. The number of halogens is 1. The molecule has 9 nitrogen and oxygen atoms in total. The van der Waals surface area contributed by atoms with E-state index < -0.39 is 22.6 Å². The van der Waals surface area contributed by atoms with Crippen molar-refractivity contribution in [1.82, 2.24) is 9.78 Å². The minimum Gasteiger partial charge on any atom is -0.458 e. The molecular weight excluding hydrogens is 372 g/mol. The van der Waals surface area contributed by atoms with Gasteiger partial charge in [0.15, 0.2) is 5.56 Å². The number of hydrogen-bond acceptors (Lipinski definition) is 6. The molecule has 0 aliphatic heterocycles. The van der Waals surface area contributed by atoms with Gasteiger partial charge in [0, 0.05) is 4.47 Å². The van der Waals surface area contributed by atoms with Crippen LogP contribution in [0.1, 0.15) is 20.7 Å². The third kappa shape index (κ3) is 3.92. The minimum atomic E-state index is -0.950. The lowest BCUT2D eigenvalue weighted by molar-refractivity contribution is -0.393. The van der Waals surface area contributed by atoms with Gasteiger partial charge in [-0.3, -0.25) is 4.79 Å². The summed E-state index contributed by atoms with van der Waals surface area (Å²) in [6.07, 6.45) is 1.01. The molecule has 23 heavy (non-hydrogen) atoms. The van der Waals surface area contributed by atoms with Gasteiger partial charge in [0.05, 0.1) is 11.8 Å². The zero-order chi connectivity index (χ0) is 17.0. The second-order valence-electron chi connectivity index (χ2n) is 4.37. The van der Waals surface area contributed by atoms with E-state index in [1.165, 1.54) is 0 Å². The van der Waals surface area contributed by atoms with E-state index in [1.807, 2.05) is 0 Å². The summed E-state index contributed by atoms with van der Waals surface area (Å²) in [6, 6.07) is 6.60. The van der Waals surface area contributed by atoms with E-state index in [2.05, 4.69) is 21.0 Å².